The van der Waals surface area contributed by atoms with E-state index < -0.39 is 33.5 Å². The first-order valence-corrected chi connectivity index (χ1v) is 14.0. The van der Waals surface area contributed by atoms with E-state index in [1.54, 1.807) is 36.5 Å². The van der Waals surface area contributed by atoms with Crippen LogP contribution in [0.1, 0.15) is 43.3 Å². The van der Waals surface area contributed by atoms with Crippen LogP contribution in [-0.2, 0) is 22.9 Å². The smallest absolute Gasteiger partial charge is 0.347 e. The van der Waals surface area contributed by atoms with Gasteiger partial charge < -0.3 is 15.8 Å². The Hall–Kier alpha value is -3.42. The van der Waals surface area contributed by atoms with E-state index in [4.69, 9.17) is 5.73 Å². The number of aromatic nitrogens is 5. The molecule has 5 N–H and O–H groups in total. The average molecular weight is 530 g/mol. The van der Waals surface area contributed by atoms with Gasteiger partial charge in [-0.25, -0.2) is 36.9 Å². The van der Waals surface area contributed by atoms with E-state index >= 15 is 0 Å². The van der Waals surface area contributed by atoms with E-state index in [0.717, 1.165) is 35.9 Å². The minimum absolute atomic E-state index is 0.0378. The number of nitrogens with two attached hydrogens (primary N) is 1. The first kappa shape index (κ1) is 25.2. The third kappa shape index (κ3) is 5.06. The normalized spacial score (nSPS) is 22.6. The van der Waals surface area contributed by atoms with Crippen molar-refractivity contribution in [3.05, 3.63) is 75.3 Å². The van der Waals surface area contributed by atoms with Gasteiger partial charge in [0, 0.05) is 24.2 Å². The maximum Gasteiger partial charge on any atom is 0.347 e. The molecule has 0 bridgehead atoms. The number of allylic oxidation sites excluding steroid dienone is 1. The van der Waals surface area contributed by atoms with Gasteiger partial charge in [0.05, 0.1) is 23.4 Å². The summed E-state index contributed by atoms with van der Waals surface area (Å²) in [5.74, 6) is 0.333. The molecule has 0 radical (unpaired) electrons. The van der Waals surface area contributed by atoms with Crippen LogP contribution in [0, 0.1) is 0 Å². The Morgan fingerprint density at radius 1 is 1.14 bits per heavy atom. The van der Waals surface area contributed by atoms with Gasteiger partial charge in [0.15, 0.2) is 15.8 Å². The molecule has 37 heavy (non-hydrogen) atoms. The van der Waals surface area contributed by atoms with Gasteiger partial charge in [0.25, 0.3) is 0 Å². The van der Waals surface area contributed by atoms with Crippen molar-refractivity contribution >= 4 is 15.8 Å². The second kappa shape index (κ2) is 10.1. The van der Waals surface area contributed by atoms with Crippen LogP contribution in [0.5, 0.6) is 0 Å². The Labute approximate surface area is 213 Å². The number of nitrogens with zero attached hydrogens (tertiary/aromatic N) is 4. The Kier molecular flexibility index (Phi) is 6.92. The summed E-state index contributed by atoms with van der Waals surface area (Å²) >= 11 is 0. The summed E-state index contributed by atoms with van der Waals surface area (Å²) in [4.78, 5) is 33.5. The summed E-state index contributed by atoms with van der Waals surface area (Å²) in [6.07, 6.45) is 7.50. The highest BCUT2D eigenvalue weighted by Crippen LogP contribution is 2.32. The first-order chi connectivity index (χ1) is 17.7. The lowest BCUT2D eigenvalue weighted by molar-refractivity contribution is 0.0645. The van der Waals surface area contributed by atoms with E-state index in [9.17, 15) is 23.1 Å². The van der Waals surface area contributed by atoms with Gasteiger partial charge in [0.1, 0.15) is 12.3 Å². The number of hydrogen-bond donors (Lipinski definition) is 4. The Morgan fingerprint density at radius 2 is 1.86 bits per heavy atom. The Morgan fingerprint density at radius 3 is 2.54 bits per heavy atom. The molecule has 2 atom stereocenters. The number of rotatable bonds is 8. The largest absolute Gasteiger partial charge is 0.376 e. The number of aliphatic hydroxyl groups excluding tert-OH is 1. The van der Waals surface area contributed by atoms with E-state index in [2.05, 4.69) is 15.3 Å². The van der Waals surface area contributed by atoms with Crippen molar-refractivity contribution in [1.82, 2.24) is 29.2 Å². The molecule has 1 aliphatic heterocycles. The molecule has 0 spiro atoms. The van der Waals surface area contributed by atoms with Gasteiger partial charge >= 0.3 is 11.4 Å². The summed E-state index contributed by atoms with van der Waals surface area (Å²) in [6, 6.07) is 7.16. The highest BCUT2D eigenvalue weighted by molar-refractivity contribution is 7.91. The molecule has 1 aliphatic carbocycles. The second-order valence-electron chi connectivity index (χ2n) is 9.58. The highest BCUT2D eigenvalue weighted by atomic mass is 32.2. The van der Waals surface area contributed by atoms with Crippen LogP contribution in [-0.4, -0.2) is 55.4 Å². The molecule has 1 aromatic carbocycles. The van der Waals surface area contributed by atoms with Gasteiger partial charge in [-0.15, -0.1) is 0 Å². The van der Waals surface area contributed by atoms with Gasteiger partial charge in [-0.05, 0) is 37.8 Å². The summed E-state index contributed by atoms with van der Waals surface area (Å²) in [6.45, 7) is -0.117. The summed E-state index contributed by atoms with van der Waals surface area (Å²) in [5.41, 5.74) is 5.45. The number of nitrogen functional groups attached to an aromatic ring is 1. The molecule has 13 heteroatoms. The lowest BCUT2D eigenvalue weighted by Crippen LogP contribution is -2.48. The molecular formula is C24H31N7O5S. The van der Waals surface area contributed by atoms with Crippen molar-refractivity contribution in [2.45, 2.75) is 67.9 Å². The van der Waals surface area contributed by atoms with Crippen LogP contribution < -0.4 is 22.4 Å². The molecule has 12 nitrogen and oxygen atoms in total. The molecule has 1 fully saturated rings. The zero-order valence-corrected chi connectivity index (χ0v) is 21.0. The van der Waals surface area contributed by atoms with Crippen LogP contribution in [0.4, 0.5) is 5.95 Å². The molecule has 2 aromatic heterocycles. The molecule has 3 heterocycles. The van der Waals surface area contributed by atoms with Crippen LogP contribution in [0.2, 0.25) is 0 Å². The number of H-pyrrole nitrogens is 1. The number of imidazole rings is 1. The predicted octanol–water partition coefficient (Wildman–Crippen LogP) is 0.336. The number of sulfone groups is 1. The fraction of sp³-hybridized carbons (Fsp3) is 0.458. The third-order valence-corrected chi connectivity index (χ3v) is 8.94. The SMILES string of the molecule is Nc1ncc(C2CCC(NC(O)[C@@H]3C=CCn4c(=O)n(CCS(=O)(=O)c5ccccc5)c(=O)n43)CC2)[nH]1. The van der Waals surface area contributed by atoms with Crippen molar-refractivity contribution in [1.29, 1.82) is 0 Å². The average Bonchev–Trinajstić information content (AvgIpc) is 3.44. The van der Waals surface area contributed by atoms with E-state index in [0.29, 0.717) is 11.9 Å². The molecule has 2 aliphatic rings. The third-order valence-electron chi connectivity index (χ3n) is 7.23. The zero-order valence-electron chi connectivity index (χ0n) is 20.2. The fourth-order valence-electron chi connectivity index (χ4n) is 5.23. The number of anilines is 1. The standard InChI is InChI=1S/C24H31N7O5S/c25-22-26-15-19(28-22)16-8-10-17(11-9-16)27-21(32)20-7-4-12-30-23(33)29(24(34)31(20)30)13-14-37(35,36)18-5-2-1-3-6-18/h1-7,15-17,20-21,27,32H,8-14H2,(H3,25,26,28)/t16?,17?,20-,21?/m0/s1. The lowest BCUT2D eigenvalue weighted by Gasteiger charge is -2.33. The van der Waals surface area contributed by atoms with Gasteiger partial charge in [0.2, 0.25) is 0 Å². The molecule has 5 rings (SSSR count). The zero-order chi connectivity index (χ0) is 26.2. The summed E-state index contributed by atoms with van der Waals surface area (Å²) < 4.78 is 28.7. The monoisotopic (exact) mass is 529 g/mol. The van der Waals surface area contributed by atoms with Crippen LogP contribution in [0.3, 0.4) is 0 Å². The second-order valence-corrected chi connectivity index (χ2v) is 11.7. The number of fused-ring (bicyclic) bond motifs is 1. The van der Waals surface area contributed by atoms with Crippen LogP contribution in [0.15, 0.2) is 63.2 Å². The quantitative estimate of drug-likeness (QED) is 0.239. The molecule has 198 valence electrons. The number of aromatic amines is 1. The molecule has 0 saturated heterocycles. The predicted molar refractivity (Wildman–Crippen MR) is 137 cm³/mol. The summed E-state index contributed by atoms with van der Waals surface area (Å²) in [5, 5.41) is 14.2. The molecule has 3 aromatic rings. The first-order valence-electron chi connectivity index (χ1n) is 12.4. The fourth-order valence-corrected chi connectivity index (χ4v) is 6.46. The van der Waals surface area contributed by atoms with E-state index in [1.807, 2.05) is 0 Å². The number of aliphatic hydroxyl groups is 1. The van der Waals surface area contributed by atoms with Crippen molar-refractivity contribution in [3.63, 3.8) is 0 Å². The van der Waals surface area contributed by atoms with Gasteiger partial charge in [-0.1, -0.05) is 30.4 Å². The van der Waals surface area contributed by atoms with Crippen molar-refractivity contribution < 1.29 is 13.5 Å². The maximum atomic E-state index is 13.2. The molecule has 0 amide bonds. The van der Waals surface area contributed by atoms with Gasteiger partial charge in [-0.2, -0.15) is 0 Å². The molecule has 1 unspecified atom stereocenters. The van der Waals surface area contributed by atoms with E-state index in [-0.39, 0.29) is 29.8 Å². The number of hydrogen-bond acceptors (Lipinski definition) is 8. The lowest BCUT2D eigenvalue weighted by atomic mass is 9.84. The number of nitrogens with one attached hydrogen (secondary N) is 2. The van der Waals surface area contributed by atoms with Crippen LogP contribution >= 0.6 is 0 Å². The Balaban J connectivity index is 1.27. The van der Waals surface area contributed by atoms with Crippen molar-refractivity contribution in [2.75, 3.05) is 11.5 Å². The Bertz CT molecular complexity index is 1490. The van der Waals surface area contributed by atoms with Gasteiger partial charge in [-0.3, -0.25) is 5.32 Å². The van der Waals surface area contributed by atoms with E-state index in [1.165, 1.54) is 21.5 Å². The molecule has 1 saturated carbocycles. The minimum atomic E-state index is -3.67. The minimum Gasteiger partial charge on any atom is -0.376 e. The van der Waals surface area contributed by atoms with Crippen LogP contribution in [0.25, 0.3) is 0 Å². The molecular weight excluding hydrogens is 498 g/mol. The topological polar surface area (TPSA) is 170 Å². The number of benzene rings is 1. The summed E-state index contributed by atoms with van der Waals surface area (Å²) in [7, 11) is -3.67. The maximum absolute atomic E-state index is 13.2. The highest BCUT2D eigenvalue weighted by Gasteiger charge is 2.32. The van der Waals surface area contributed by atoms with Crippen molar-refractivity contribution in [3.8, 4) is 0 Å². The van der Waals surface area contributed by atoms with Crippen molar-refractivity contribution in [2.24, 2.45) is 0 Å².